The number of ketones is 1. The van der Waals surface area contributed by atoms with Gasteiger partial charge in [0.1, 0.15) is 0 Å². The van der Waals surface area contributed by atoms with E-state index in [1.165, 1.54) is 24.2 Å². The van der Waals surface area contributed by atoms with Gasteiger partial charge in [-0.25, -0.2) is 4.98 Å². The molecule has 0 radical (unpaired) electrons. The first-order valence-electron chi connectivity index (χ1n) is 6.99. The average Bonchev–Trinajstić information content (AvgIpc) is 2.90. The molecule has 3 rings (SSSR count). The van der Waals surface area contributed by atoms with Crippen LogP contribution in [0, 0.1) is 0 Å². The highest BCUT2D eigenvalue weighted by Crippen LogP contribution is 2.25. The van der Waals surface area contributed by atoms with Crippen LogP contribution in [-0.2, 0) is 12.8 Å². The van der Waals surface area contributed by atoms with E-state index in [-0.39, 0.29) is 5.78 Å². The molecular formula is C16H18N2O. The average molecular weight is 254 g/mol. The predicted octanol–water partition coefficient (Wildman–Crippen LogP) is 3.34. The maximum Gasteiger partial charge on any atom is 0.164 e. The molecule has 0 fully saturated rings. The van der Waals surface area contributed by atoms with Gasteiger partial charge in [-0.15, -0.1) is 0 Å². The third-order valence-corrected chi connectivity index (χ3v) is 3.82. The Balaban J connectivity index is 2.12. The van der Waals surface area contributed by atoms with E-state index < -0.39 is 0 Å². The summed E-state index contributed by atoms with van der Waals surface area (Å²) >= 11 is 0. The zero-order chi connectivity index (χ0) is 13.2. The molecule has 0 N–H and O–H groups in total. The molecule has 0 aliphatic heterocycles. The maximum absolute atomic E-state index is 12.1. The topological polar surface area (TPSA) is 34.9 Å². The molecule has 0 unspecified atom stereocenters. The summed E-state index contributed by atoms with van der Waals surface area (Å²) in [6.45, 7) is 1.91. The lowest BCUT2D eigenvalue weighted by Gasteiger charge is -2.16. The molecule has 0 saturated heterocycles. The molecule has 0 amide bonds. The minimum Gasteiger partial charge on any atom is -0.302 e. The van der Waals surface area contributed by atoms with Crippen LogP contribution < -0.4 is 0 Å². The second kappa shape index (κ2) is 5.00. The fourth-order valence-corrected chi connectivity index (χ4v) is 2.79. The fraction of sp³-hybridized carbons (Fsp3) is 0.375. The van der Waals surface area contributed by atoms with E-state index >= 15 is 0 Å². The van der Waals surface area contributed by atoms with E-state index in [0.717, 1.165) is 24.1 Å². The smallest absolute Gasteiger partial charge is 0.164 e. The Morgan fingerprint density at radius 1 is 1.26 bits per heavy atom. The third-order valence-electron chi connectivity index (χ3n) is 3.82. The lowest BCUT2D eigenvalue weighted by atomic mass is 10.0. The first-order valence-corrected chi connectivity index (χ1v) is 6.99. The van der Waals surface area contributed by atoms with Crippen LogP contribution in [-0.4, -0.2) is 15.3 Å². The van der Waals surface area contributed by atoms with Crippen LogP contribution in [0.15, 0.2) is 30.6 Å². The van der Waals surface area contributed by atoms with Crippen molar-refractivity contribution in [2.75, 3.05) is 0 Å². The van der Waals surface area contributed by atoms with Crippen molar-refractivity contribution < 1.29 is 4.79 Å². The highest BCUT2D eigenvalue weighted by atomic mass is 16.1. The molecule has 2 aromatic rings. The summed E-state index contributed by atoms with van der Waals surface area (Å²) in [5, 5.41) is 0. The number of benzene rings is 1. The Morgan fingerprint density at radius 3 is 2.89 bits per heavy atom. The Bertz CT molecular complexity index is 613. The van der Waals surface area contributed by atoms with Gasteiger partial charge in [0, 0.05) is 17.7 Å². The van der Waals surface area contributed by atoms with Crippen LogP contribution in [0.2, 0.25) is 0 Å². The van der Waals surface area contributed by atoms with Gasteiger partial charge in [-0.3, -0.25) is 4.79 Å². The quantitative estimate of drug-likeness (QED) is 0.787. The normalized spacial score (nSPS) is 14.2. The van der Waals surface area contributed by atoms with Crippen molar-refractivity contribution in [1.82, 2.24) is 9.55 Å². The Labute approximate surface area is 113 Å². The number of imidazole rings is 1. The van der Waals surface area contributed by atoms with Gasteiger partial charge in [0.15, 0.2) is 5.78 Å². The molecule has 1 aromatic heterocycles. The number of carbonyl (C=O) groups excluding carboxylic acids is 1. The predicted molar refractivity (Wildman–Crippen MR) is 74.8 cm³/mol. The second-order valence-electron chi connectivity index (χ2n) is 5.01. The van der Waals surface area contributed by atoms with Crippen LogP contribution in [0.5, 0.6) is 0 Å². The standard InChI is InChI=1S/C16H18N2O/c1-2-16(19)12-7-3-5-9-14(12)18-11-17-13-8-4-6-10-15(13)18/h3,5,7,9,11H,2,4,6,8,10H2,1H3. The number of hydrogen-bond donors (Lipinski definition) is 0. The van der Waals surface area contributed by atoms with E-state index in [1.54, 1.807) is 0 Å². The molecule has 0 bridgehead atoms. The van der Waals surface area contributed by atoms with E-state index in [1.807, 2.05) is 37.5 Å². The Morgan fingerprint density at radius 2 is 2.05 bits per heavy atom. The molecule has 1 heterocycles. The van der Waals surface area contributed by atoms with Gasteiger partial charge in [0.25, 0.3) is 0 Å². The lowest BCUT2D eigenvalue weighted by molar-refractivity contribution is 0.0988. The molecule has 1 aromatic carbocycles. The minimum absolute atomic E-state index is 0.189. The maximum atomic E-state index is 12.1. The van der Waals surface area contributed by atoms with Crippen LogP contribution in [0.4, 0.5) is 0 Å². The highest BCUT2D eigenvalue weighted by Gasteiger charge is 2.18. The molecule has 3 nitrogen and oxygen atoms in total. The van der Waals surface area contributed by atoms with E-state index in [0.29, 0.717) is 6.42 Å². The summed E-state index contributed by atoms with van der Waals surface area (Å²) in [6.07, 6.45) is 6.96. The van der Waals surface area contributed by atoms with Crippen molar-refractivity contribution in [3.63, 3.8) is 0 Å². The number of aromatic nitrogens is 2. The number of para-hydroxylation sites is 1. The molecular weight excluding hydrogens is 236 g/mol. The van der Waals surface area contributed by atoms with Gasteiger partial charge in [0.05, 0.1) is 17.7 Å². The van der Waals surface area contributed by atoms with E-state index in [4.69, 9.17) is 0 Å². The van der Waals surface area contributed by atoms with Crippen molar-refractivity contribution >= 4 is 5.78 Å². The fourth-order valence-electron chi connectivity index (χ4n) is 2.79. The van der Waals surface area contributed by atoms with E-state index in [2.05, 4.69) is 9.55 Å². The van der Waals surface area contributed by atoms with Crippen LogP contribution in [0.3, 0.4) is 0 Å². The minimum atomic E-state index is 0.189. The molecule has 98 valence electrons. The largest absolute Gasteiger partial charge is 0.302 e. The van der Waals surface area contributed by atoms with Crippen LogP contribution >= 0.6 is 0 Å². The number of rotatable bonds is 3. The number of nitrogens with zero attached hydrogens (tertiary/aromatic N) is 2. The number of Topliss-reactive ketones (excluding diaryl/α,β-unsaturated/α-hetero) is 1. The molecule has 1 aliphatic rings. The lowest BCUT2D eigenvalue weighted by Crippen LogP contribution is -2.10. The third kappa shape index (κ3) is 2.09. The number of carbonyl (C=O) groups is 1. The van der Waals surface area contributed by atoms with Gasteiger partial charge in [-0.05, 0) is 37.8 Å². The summed E-state index contributed by atoms with van der Waals surface area (Å²) < 4.78 is 2.11. The van der Waals surface area contributed by atoms with Crippen molar-refractivity contribution in [2.24, 2.45) is 0 Å². The first-order chi connectivity index (χ1) is 9.31. The highest BCUT2D eigenvalue weighted by molar-refractivity contribution is 5.99. The second-order valence-corrected chi connectivity index (χ2v) is 5.01. The number of hydrogen-bond acceptors (Lipinski definition) is 2. The van der Waals surface area contributed by atoms with Gasteiger partial charge in [-0.2, -0.15) is 0 Å². The molecule has 0 atom stereocenters. The van der Waals surface area contributed by atoms with Crippen molar-refractivity contribution in [1.29, 1.82) is 0 Å². The zero-order valence-corrected chi connectivity index (χ0v) is 11.2. The summed E-state index contributed by atoms with van der Waals surface area (Å²) in [7, 11) is 0. The van der Waals surface area contributed by atoms with Gasteiger partial charge in [0.2, 0.25) is 0 Å². The van der Waals surface area contributed by atoms with E-state index in [9.17, 15) is 4.79 Å². The molecule has 19 heavy (non-hydrogen) atoms. The number of aryl methyl sites for hydroxylation is 1. The SMILES string of the molecule is CCC(=O)c1ccccc1-n1cnc2c1CCCC2. The molecule has 0 spiro atoms. The van der Waals surface area contributed by atoms with Crippen LogP contribution in [0.1, 0.15) is 47.9 Å². The summed E-state index contributed by atoms with van der Waals surface area (Å²) in [5.41, 5.74) is 4.26. The molecule has 3 heteroatoms. The zero-order valence-electron chi connectivity index (χ0n) is 11.2. The van der Waals surface area contributed by atoms with Crippen molar-refractivity contribution in [3.05, 3.63) is 47.5 Å². The van der Waals surface area contributed by atoms with Gasteiger partial charge >= 0.3 is 0 Å². The van der Waals surface area contributed by atoms with Crippen molar-refractivity contribution in [2.45, 2.75) is 39.0 Å². The van der Waals surface area contributed by atoms with Gasteiger partial charge < -0.3 is 4.57 Å². The van der Waals surface area contributed by atoms with Gasteiger partial charge in [-0.1, -0.05) is 19.1 Å². The van der Waals surface area contributed by atoms with Crippen LogP contribution in [0.25, 0.3) is 5.69 Å². The number of fused-ring (bicyclic) bond motifs is 1. The monoisotopic (exact) mass is 254 g/mol. The Kier molecular flexibility index (Phi) is 3.20. The molecule has 0 saturated carbocycles. The summed E-state index contributed by atoms with van der Waals surface area (Å²) in [5.74, 6) is 0.189. The summed E-state index contributed by atoms with van der Waals surface area (Å²) in [4.78, 5) is 16.6. The molecule has 1 aliphatic carbocycles. The van der Waals surface area contributed by atoms with Crippen molar-refractivity contribution in [3.8, 4) is 5.69 Å². The first kappa shape index (κ1) is 12.2. The summed E-state index contributed by atoms with van der Waals surface area (Å²) in [6, 6.07) is 7.84. The Hall–Kier alpha value is -1.90.